The molecule has 1 N–H and O–H groups in total. The zero-order chi connectivity index (χ0) is 28.6. The van der Waals surface area contributed by atoms with Gasteiger partial charge in [-0.15, -0.1) is 11.3 Å². The number of carboxylic acid groups (broad SMARTS) is 1. The Hall–Kier alpha value is -3.88. The van der Waals surface area contributed by atoms with Crippen LogP contribution >= 0.6 is 22.9 Å². The molecule has 0 saturated heterocycles. The highest BCUT2D eigenvalue weighted by Crippen LogP contribution is 2.34. The summed E-state index contributed by atoms with van der Waals surface area (Å²) in [6, 6.07) is 18.4. The fourth-order valence-electron chi connectivity index (χ4n) is 4.44. The highest BCUT2D eigenvalue weighted by molar-refractivity contribution is 7.11. The van der Waals surface area contributed by atoms with Crippen LogP contribution in [-0.4, -0.2) is 33.7 Å². The number of aromatic carboxylic acids is 1. The summed E-state index contributed by atoms with van der Waals surface area (Å²) in [5, 5.41) is 12.6. The summed E-state index contributed by atoms with van der Waals surface area (Å²) < 4.78 is 12.8. The van der Waals surface area contributed by atoms with Gasteiger partial charge in [-0.25, -0.2) is 14.6 Å². The van der Waals surface area contributed by atoms with E-state index in [-0.39, 0.29) is 12.3 Å². The van der Waals surface area contributed by atoms with Crippen molar-refractivity contribution in [1.29, 1.82) is 0 Å². The molecule has 4 rings (SSSR count). The molecule has 0 aliphatic heterocycles. The summed E-state index contributed by atoms with van der Waals surface area (Å²) in [5.74, 6) is -0.377. The van der Waals surface area contributed by atoms with Crippen LogP contribution in [0.2, 0.25) is 5.02 Å². The van der Waals surface area contributed by atoms with E-state index in [1.54, 1.807) is 32.2 Å². The number of aryl methyl sites for hydroxylation is 1. The number of allylic oxidation sites excluding steroid dienone is 1. The minimum absolute atomic E-state index is 0.0530. The van der Waals surface area contributed by atoms with Crippen molar-refractivity contribution in [1.82, 2.24) is 9.55 Å². The third-order valence-corrected chi connectivity index (χ3v) is 7.78. The number of thiophene rings is 1. The molecule has 2 aromatic heterocycles. The van der Waals surface area contributed by atoms with E-state index in [9.17, 15) is 14.7 Å². The van der Waals surface area contributed by atoms with Crippen LogP contribution in [0.4, 0.5) is 0 Å². The van der Waals surface area contributed by atoms with Gasteiger partial charge < -0.3 is 19.1 Å². The van der Waals surface area contributed by atoms with Gasteiger partial charge in [-0.3, -0.25) is 0 Å². The molecule has 4 aromatic rings. The molecule has 40 heavy (non-hydrogen) atoms. The van der Waals surface area contributed by atoms with E-state index in [4.69, 9.17) is 21.1 Å². The molecule has 2 aromatic carbocycles. The zero-order valence-electron chi connectivity index (χ0n) is 22.6. The van der Waals surface area contributed by atoms with Crippen LogP contribution in [0, 0.1) is 0 Å². The predicted octanol–water partition coefficient (Wildman–Crippen LogP) is 7.37. The molecular weight excluding hydrogens is 548 g/mol. The van der Waals surface area contributed by atoms with E-state index < -0.39 is 11.9 Å². The van der Waals surface area contributed by atoms with Crippen molar-refractivity contribution in [3.63, 3.8) is 0 Å². The van der Waals surface area contributed by atoms with Crippen LogP contribution in [0.25, 0.3) is 11.1 Å². The Kier molecular flexibility index (Phi) is 9.79. The third kappa shape index (κ3) is 6.63. The number of carboxylic acids is 1. The number of aromatic nitrogens is 2. The van der Waals surface area contributed by atoms with E-state index in [0.29, 0.717) is 51.3 Å². The Labute approximate surface area is 242 Å². The maximum Gasteiger partial charge on any atom is 0.356 e. The third-order valence-electron chi connectivity index (χ3n) is 6.52. The predicted molar refractivity (Wildman–Crippen MR) is 158 cm³/mol. The largest absolute Gasteiger partial charge is 0.497 e. The van der Waals surface area contributed by atoms with E-state index in [1.807, 2.05) is 52.4 Å². The minimum atomic E-state index is -1.16. The van der Waals surface area contributed by atoms with Crippen molar-refractivity contribution in [3.8, 4) is 5.75 Å². The maximum absolute atomic E-state index is 13.6. The van der Waals surface area contributed by atoms with Crippen molar-refractivity contribution in [2.45, 2.75) is 46.3 Å². The second-order valence-corrected chi connectivity index (χ2v) is 10.6. The second kappa shape index (κ2) is 13.5. The Balaban J connectivity index is 1.83. The first-order valence-corrected chi connectivity index (χ1v) is 14.2. The number of hydrogen-bond acceptors (Lipinski definition) is 6. The van der Waals surface area contributed by atoms with Gasteiger partial charge in [0.15, 0.2) is 5.69 Å². The van der Waals surface area contributed by atoms with Gasteiger partial charge in [0.1, 0.15) is 18.2 Å². The maximum atomic E-state index is 13.6. The van der Waals surface area contributed by atoms with Gasteiger partial charge in [-0.2, -0.15) is 0 Å². The lowest BCUT2D eigenvalue weighted by molar-refractivity contribution is -0.137. The first-order valence-electron chi connectivity index (χ1n) is 12.9. The van der Waals surface area contributed by atoms with E-state index in [1.165, 1.54) is 11.3 Å². The summed E-state index contributed by atoms with van der Waals surface area (Å²) in [5.41, 5.74) is 2.66. The van der Waals surface area contributed by atoms with E-state index in [0.717, 1.165) is 24.0 Å². The number of carbonyl (C=O) groups excluding carboxylic acids is 1. The van der Waals surface area contributed by atoms with Gasteiger partial charge in [0.2, 0.25) is 0 Å². The summed E-state index contributed by atoms with van der Waals surface area (Å²) in [4.78, 5) is 31.3. The average molecular weight is 579 g/mol. The summed E-state index contributed by atoms with van der Waals surface area (Å²) in [6.07, 6.45) is 2.34. The number of carbonyl (C=O) groups is 2. The number of ether oxygens (including phenoxy) is 2. The molecule has 0 spiro atoms. The first kappa shape index (κ1) is 29.1. The van der Waals surface area contributed by atoms with Gasteiger partial charge in [-0.1, -0.05) is 61.3 Å². The van der Waals surface area contributed by atoms with Crippen LogP contribution < -0.4 is 4.74 Å². The van der Waals surface area contributed by atoms with Gasteiger partial charge in [-0.05, 0) is 59.7 Å². The molecule has 0 bridgehead atoms. The molecule has 9 heteroatoms. The van der Waals surface area contributed by atoms with Crippen LogP contribution in [-0.2, 0) is 29.1 Å². The fraction of sp³-hybridized carbons (Fsp3) is 0.258. The minimum Gasteiger partial charge on any atom is -0.497 e. The molecule has 0 fully saturated rings. The average Bonchev–Trinajstić information content (AvgIpc) is 3.61. The normalized spacial score (nSPS) is 11.7. The summed E-state index contributed by atoms with van der Waals surface area (Å²) >= 11 is 7.89. The lowest BCUT2D eigenvalue weighted by Gasteiger charge is -2.17. The number of rotatable bonds is 12. The van der Waals surface area contributed by atoms with E-state index >= 15 is 0 Å². The lowest BCUT2D eigenvalue weighted by atomic mass is 10.0. The molecule has 0 atom stereocenters. The Bertz CT molecular complexity index is 1510. The van der Waals surface area contributed by atoms with Crippen molar-refractivity contribution in [2.75, 3.05) is 7.11 Å². The second-order valence-electron chi connectivity index (χ2n) is 9.21. The van der Waals surface area contributed by atoms with E-state index in [2.05, 4.69) is 11.9 Å². The number of esters is 1. The van der Waals surface area contributed by atoms with Crippen LogP contribution in [0.3, 0.4) is 0 Å². The van der Waals surface area contributed by atoms with Crippen molar-refractivity contribution >= 4 is 46.0 Å². The monoisotopic (exact) mass is 578 g/mol. The molecular formula is C31H31ClN2O5S. The SMILES string of the molecule is CCCCc1nc(C(=O)O)c(/C(C)=C(\C(=O)OCc2ccc(OC)cc2)c2cccs2)n1Cc1ccccc1Cl. The molecule has 0 aliphatic carbocycles. The van der Waals surface area contributed by atoms with Gasteiger partial charge >= 0.3 is 11.9 Å². The van der Waals surface area contributed by atoms with Crippen molar-refractivity contribution in [2.24, 2.45) is 0 Å². The smallest absolute Gasteiger partial charge is 0.356 e. The number of imidazole rings is 1. The molecule has 0 radical (unpaired) electrons. The van der Waals surface area contributed by atoms with Crippen LogP contribution in [0.15, 0.2) is 66.0 Å². The number of halogens is 1. The van der Waals surface area contributed by atoms with Crippen molar-refractivity contribution < 1.29 is 24.2 Å². The highest BCUT2D eigenvalue weighted by Gasteiger charge is 2.28. The zero-order valence-corrected chi connectivity index (χ0v) is 24.2. The Morgan fingerprint density at radius 2 is 1.82 bits per heavy atom. The Morgan fingerprint density at radius 3 is 2.45 bits per heavy atom. The Morgan fingerprint density at radius 1 is 1.07 bits per heavy atom. The standard InChI is InChI=1S/C31H31ClN2O5S/c1-4-5-12-26-33-28(30(35)36)29(34(26)18-22-9-6-7-10-24(22)32)20(2)27(25-11-8-17-40-25)31(37)39-19-21-13-15-23(38-3)16-14-21/h6-11,13-17H,4-5,12,18-19H2,1-3H3,(H,35,36)/b27-20-. The topological polar surface area (TPSA) is 90.7 Å². The van der Waals surface area contributed by atoms with Crippen LogP contribution in [0.5, 0.6) is 5.75 Å². The molecule has 2 heterocycles. The van der Waals surface area contributed by atoms with Crippen molar-refractivity contribution in [3.05, 3.63) is 104 Å². The molecule has 0 amide bonds. The number of unbranched alkanes of at least 4 members (excludes halogenated alkanes) is 1. The number of nitrogens with zero attached hydrogens (tertiary/aromatic N) is 2. The lowest BCUT2D eigenvalue weighted by Crippen LogP contribution is -2.13. The van der Waals surface area contributed by atoms with Gasteiger partial charge in [0.05, 0.1) is 24.9 Å². The summed E-state index contributed by atoms with van der Waals surface area (Å²) in [7, 11) is 1.59. The number of benzene rings is 2. The van der Waals surface area contributed by atoms with Crippen LogP contribution in [0.1, 0.15) is 64.7 Å². The fourth-order valence-corrected chi connectivity index (χ4v) is 5.45. The summed E-state index contributed by atoms with van der Waals surface area (Å²) in [6.45, 7) is 4.18. The molecule has 0 aliphatic rings. The van der Waals surface area contributed by atoms with Gasteiger partial charge in [0.25, 0.3) is 0 Å². The highest BCUT2D eigenvalue weighted by atomic mass is 35.5. The molecule has 7 nitrogen and oxygen atoms in total. The molecule has 208 valence electrons. The first-order chi connectivity index (χ1) is 19.3. The quantitative estimate of drug-likeness (QED) is 0.139. The molecule has 0 saturated carbocycles. The number of methoxy groups -OCH3 is 1. The molecule has 0 unspecified atom stereocenters. The van der Waals surface area contributed by atoms with Gasteiger partial charge in [0, 0.05) is 16.3 Å². The number of hydrogen-bond donors (Lipinski definition) is 1.